The van der Waals surface area contributed by atoms with Gasteiger partial charge in [-0.3, -0.25) is 0 Å². The van der Waals surface area contributed by atoms with Gasteiger partial charge in [0.1, 0.15) is 5.56 Å². The molecule has 3 aromatic rings. The zero-order valence-electron chi connectivity index (χ0n) is 16.0. The fourth-order valence-corrected chi connectivity index (χ4v) is 3.39. The summed E-state index contributed by atoms with van der Waals surface area (Å²) < 4.78 is 11.2. The molecule has 0 spiro atoms. The first-order valence-corrected chi connectivity index (χ1v) is 9.85. The zero-order valence-corrected chi connectivity index (χ0v) is 17.5. The van der Waals surface area contributed by atoms with E-state index in [9.17, 15) is 4.79 Å². The Balaban J connectivity index is 2.31. The summed E-state index contributed by atoms with van der Waals surface area (Å²) in [7, 11) is 0. The van der Waals surface area contributed by atoms with Crippen LogP contribution in [0.2, 0.25) is 10.0 Å². The van der Waals surface area contributed by atoms with E-state index < -0.39 is 5.97 Å². The summed E-state index contributed by atoms with van der Waals surface area (Å²) in [5.41, 5.74) is 2.62. The molecular formula is C22H21Cl2NO3. The average molecular weight is 418 g/mol. The van der Waals surface area contributed by atoms with Crippen LogP contribution in [-0.4, -0.2) is 23.7 Å². The largest absolute Gasteiger partial charge is 0.474 e. The van der Waals surface area contributed by atoms with Gasteiger partial charge >= 0.3 is 5.97 Å². The SMILES string of the molecule is CCOC(=O)c1c(OC(C)C)nc2ccc(Cl)cc2c1Cc1ccccc1Cl. The standard InChI is InChI=1S/C22H21Cl2NO3/c1-4-27-22(26)20-17(11-14-7-5-6-8-18(14)24)16-12-15(23)9-10-19(16)25-21(20)28-13(2)3/h5-10,12-13H,4,11H2,1-3H3. The van der Waals surface area contributed by atoms with Crippen LogP contribution >= 0.6 is 23.2 Å². The molecule has 0 saturated heterocycles. The second kappa shape index (κ2) is 8.80. The average Bonchev–Trinajstić information content (AvgIpc) is 2.63. The molecule has 0 aliphatic rings. The number of nitrogens with zero attached hydrogens (tertiary/aromatic N) is 1. The number of pyridine rings is 1. The van der Waals surface area contributed by atoms with Crippen LogP contribution in [0.1, 0.15) is 42.3 Å². The maximum absolute atomic E-state index is 12.9. The van der Waals surface area contributed by atoms with Gasteiger partial charge in [-0.2, -0.15) is 0 Å². The molecule has 2 aromatic carbocycles. The Bertz CT molecular complexity index is 1020. The predicted octanol–water partition coefficient (Wildman–Crippen LogP) is 6.10. The lowest BCUT2D eigenvalue weighted by Crippen LogP contribution is -2.16. The Kier molecular flexibility index (Phi) is 6.42. The molecule has 6 heteroatoms. The Morgan fingerprint density at radius 1 is 1.14 bits per heavy atom. The first-order chi connectivity index (χ1) is 13.4. The molecule has 0 fully saturated rings. The van der Waals surface area contributed by atoms with Crippen molar-refractivity contribution in [2.75, 3.05) is 6.61 Å². The second-order valence-electron chi connectivity index (χ2n) is 6.59. The normalized spacial score (nSPS) is 11.1. The van der Waals surface area contributed by atoms with Crippen molar-refractivity contribution >= 4 is 40.1 Å². The molecule has 1 heterocycles. The number of benzene rings is 2. The van der Waals surface area contributed by atoms with Gasteiger partial charge in [0.25, 0.3) is 0 Å². The van der Waals surface area contributed by atoms with E-state index in [1.54, 1.807) is 19.1 Å². The van der Waals surface area contributed by atoms with Crippen LogP contribution in [0.15, 0.2) is 42.5 Å². The number of ether oxygens (including phenoxy) is 2. The summed E-state index contributed by atoms with van der Waals surface area (Å²) in [4.78, 5) is 17.4. The third kappa shape index (κ3) is 4.40. The molecule has 0 bridgehead atoms. The fraction of sp³-hybridized carbons (Fsp3) is 0.273. The summed E-state index contributed by atoms with van der Waals surface area (Å²) >= 11 is 12.6. The number of carbonyl (C=O) groups excluding carboxylic acids is 1. The van der Waals surface area contributed by atoms with Crippen LogP contribution < -0.4 is 4.74 Å². The number of halogens is 2. The van der Waals surface area contributed by atoms with Gasteiger partial charge in [0.2, 0.25) is 5.88 Å². The van der Waals surface area contributed by atoms with Crippen LogP contribution in [0.4, 0.5) is 0 Å². The molecule has 0 N–H and O–H groups in total. The van der Waals surface area contributed by atoms with Gasteiger partial charge in [-0.25, -0.2) is 9.78 Å². The van der Waals surface area contributed by atoms with Crippen LogP contribution in [0, 0.1) is 0 Å². The summed E-state index contributed by atoms with van der Waals surface area (Å²) in [6.07, 6.45) is 0.264. The molecule has 0 aliphatic carbocycles. The number of fused-ring (bicyclic) bond motifs is 1. The summed E-state index contributed by atoms with van der Waals surface area (Å²) in [5.74, 6) is -0.222. The molecule has 146 valence electrons. The van der Waals surface area contributed by atoms with Gasteiger partial charge in [0.05, 0.1) is 18.2 Å². The van der Waals surface area contributed by atoms with Gasteiger partial charge in [0.15, 0.2) is 0 Å². The quantitative estimate of drug-likeness (QED) is 0.454. The van der Waals surface area contributed by atoms with Crippen molar-refractivity contribution < 1.29 is 14.3 Å². The Morgan fingerprint density at radius 3 is 2.57 bits per heavy atom. The van der Waals surface area contributed by atoms with E-state index in [1.807, 2.05) is 44.2 Å². The minimum absolute atomic E-state index is 0.154. The Labute approximate surface area is 174 Å². The molecule has 0 atom stereocenters. The van der Waals surface area contributed by atoms with E-state index in [-0.39, 0.29) is 18.6 Å². The minimum atomic E-state index is -0.477. The van der Waals surface area contributed by atoms with Crippen molar-refractivity contribution in [1.82, 2.24) is 4.98 Å². The van der Waals surface area contributed by atoms with Crippen molar-refractivity contribution in [2.45, 2.75) is 33.3 Å². The summed E-state index contributed by atoms with van der Waals surface area (Å²) in [6, 6.07) is 12.9. The van der Waals surface area contributed by atoms with Gasteiger partial charge in [0, 0.05) is 21.9 Å². The Morgan fingerprint density at radius 2 is 1.89 bits per heavy atom. The topological polar surface area (TPSA) is 48.4 Å². The molecule has 0 amide bonds. The number of rotatable bonds is 6. The van der Waals surface area contributed by atoms with E-state index in [1.165, 1.54) is 0 Å². The zero-order chi connectivity index (χ0) is 20.3. The van der Waals surface area contributed by atoms with Crippen LogP contribution in [0.25, 0.3) is 10.9 Å². The van der Waals surface area contributed by atoms with Gasteiger partial charge in [-0.1, -0.05) is 41.4 Å². The van der Waals surface area contributed by atoms with E-state index in [2.05, 4.69) is 4.98 Å². The first kappa shape index (κ1) is 20.4. The van der Waals surface area contributed by atoms with Crippen molar-refractivity contribution in [3.8, 4) is 5.88 Å². The lowest BCUT2D eigenvalue weighted by atomic mass is 9.96. The molecule has 0 radical (unpaired) electrons. The predicted molar refractivity (Wildman–Crippen MR) is 113 cm³/mol. The van der Waals surface area contributed by atoms with Crippen LogP contribution in [0.3, 0.4) is 0 Å². The highest BCUT2D eigenvalue weighted by Crippen LogP contribution is 2.34. The number of aromatic nitrogens is 1. The molecule has 4 nitrogen and oxygen atoms in total. The van der Waals surface area contributed by atoms with Gasteiger partial charge in [-0.15, -0.1) is 0 Å². The summed E-state index contributed by atoms with van der Waals surface area (Å²) in [5, 5.41) is 1.95. The number of hydrogen-bond donors (Lipinski definition) is 0. The van der Waals surface area contributed by atoms with E-state index in [0.717, 1.165) is 16.5 Å². The second-order valence-corrected chi connectivity index (χ2v) is 7.43. The Hall–Kier alpha value is -2.30. The molecule has 1 aromatic heterocycles. The number of carbonyl (C=O) groups is 1. The monoisotopic (exact) mass is 417 g/mol. The van der Waals surface area contributed by atoms with Crippen molar-refractivity contribution in [2.24, 2.45) is 0 Å². The van der Waals surface area contributed by atoms with E-state index in [4.69, 9.17) is 32.7 Å². The summed E-state index contributed by atoms with van der Waals surface area (Å²) in [6.45, 7) is 5.78. The third-order valence-electron chi connectivity index (χ3n) is 4.17. The smallest absolute Gasteiger partial charge is 0.343 e. The first-order valence-electron chi connectivity index (χ1n) is 9.10. The van der Waals surface area contributed by atoms with Gasteiger partial charge in [-0.05, 0) is 56.2 Å². The molecule has 0 saturated carbocycles. The highest BCUT2D eigenvalue weighted by molar-refractivity contribution is 6.31. The lowest BCUT2D eigenvalue weighted by molar-refractivity contribution is 0.0518. The molecule has 0 unspecified atom stereocenters. The van der Waals surface area contributed by atoms with E-state index >= 15 is 0 Å². The van der Waals surface area contributed by atoms with Crippen molar-refractivity contribution in [3.63, 3.8) is 0 Å². The number of esters is 1. The molecule has 28 heavy (non-hydrogen) atoms. The lowest BCUT2D eigenvalue weighted by Gasteiger charge is -2.18. The fourth-order valence-electron chi connectivity index (χ4n) is 3.01. The molecular weight excluding hydrogens is 397 g/mol. The maximum Gasteiger partial charge on any atom is 0.343 e. The van der Waals surface area contributed by atoms with E-state index in [0.29, 0.717) is 27.5 Å². The molecule has 0 aliphatic heterocycles. The van der Waals surface area contributed by atoms with Gasteiger partial charge < -0.3 is 9.47 Å². The minimum Gasteiger partial charge on any atom is -0.474 e. The van der Waals surface area contributed by atoms with Crippen LogP contribution in [-0.2, 0) is 11.2 Å². The number of hydrogen-bond acceptors (Lipinski definition) is 4. The van der Waals surface area contributed by atoms with Crippen LogP contribution in [0.5, 0.6) is 5.88 Å². The van der Waals surface area contributed by atoms with Crippen molar-refractivity contribution in [1.29, 1.82) is 0 Å². The maximum atomic E-state index is 12.9. The third-order valence-corrected chi connectivity index (χ3v) is 4.78. The highest BCUT2D eigenvalue weighted by Gasteiger charge is 2.25. The molecule has 3 rings (SSSR count). The highest BCUT2D eigenvalue weighted by atomic mass is 35.5. The van der Waals surface area contributed by atoms with Crippen molar-refractivity contribution in [3.05, 3.63) is 69.2 Å².